The minimum absolute atomic E-state index is 0.334. The number of rotatable bonds is 10. The molecule has 6 heteroatoms. The maximum absolute atomic E-state index is 11.0. The molecule has 0 heterocycles. The van der Waals surface area contributed by atoms with Gasteiger partial charge in [0.2, 0.25) is 0 Å². The maximum Gasteiger partial charge on any atom is 0.323 e. The summed E-state index contributed by atoms with van der Waals surface area (Å²) < 4.78 is 9.77. The number of nitrogens with two attached hydrogens (primary N) is 1. The van der Waals surface area contributed by atoms with Crippen molar-refractivity contribution in [2.75, 3.05) is 31.8 Å². The molecule has 0 aliphatic carbocycles. The average molecular weight is 265 g/mol. The van der Waals surface area contributed by atoms with Crippen molar-refractivity contribution in [3.05, 3.63) is 0 Å². The molecule has 0 radical (unpaired) electrons. The second kappa shape index (κ2) is 10.8. The Balaban J connectivity index is 3.44. The first-order chi connectivity index (χ1) is 8.11. The first-order valence-corrected chi connectivity index (χ1v) is 6.94. The fourth-order valence-corrected chi connectivity index (χ4v) is 1.96. The van der Waals surface area contributed by atoms with E-state index in [4.69, 9.17) is 10.5 Å². The van der Waals surface area contributed by atoms with E-state index in [-0.39, 0.29) is 0 Å². The Hall–Kier alpha value is -0.300. The van der Waals surface area contributed by atoms with Gasteiger partial charge in [-0.05, 0) is 6.42 Å². The van der Waals surface area contributed by atoms with Crippen molar-refractivity contribution in [1.29, 1.82) is 0 Å². The summed E-state index contributed by atoms with van der Waals surface area (Å²) in [5.41, 5.74) is 5.55. The monoisotopic (exact) mass is 265 g/mol. The van der Waals surface area contributed by atoms with Crippen molar-refractivity contribution in [2.24, 2.45) is 5.73 Å². The Morgan fingerprint density at radius 1 is 1.47 bits per heavy atom. The van der Waals surface area contributed by atoms with Gasteiger partial charge in [0.1, 0.15) is 6.04 Å². The minimum atomic E-state index is -0.627. The van der Waals surface area contributed by atoms with Crippen molar-refractivity contribution < 1.29 is 19.4 Å². The molecule has 0 bridgehead atoms. The topological polar surface area (TPSA) is 81.8 Å². The van der Waals surface area contributed by atoms with E-state index < -0.39 is 18.1 Å². The minimum Gasteiger partial charge on any atom is -0.468 e. The molecule has 2 atom stereocenters. The quantitative estimate of drug-likeness (QED) is 0.439. The van der Waals surface area contributed by atoms with E-state index in [1.54, 1.807) is 0 Å². The van der Waals surface area contributed by atoms with Crippen LogP contribution in [0.15, 0.2) is 0 Å². The Bertz CT molecular complexity index is 204. The van der Waals surface area contributed by atoms with Gasteiger partial charge < -0.3 is 20.3 Å². The van der Waals surface area contributed by atoms with E-state index in [1.807, 2.05) is 0 Å². The molecule has 0 saturated heterocycles. The van der Waals surface area contributed by atoms with Gasteiger partial charge in [0.25, 0.3) is 0 Å². The lowest BCUT2D eigenvalue weighted by Crippen LogP contribution is -2.34. The summed E-state index contributed by atoms with van der Waals surface area (Å²) >= 11 is 1.42. The summed E-state index contributed by atoms with van der Waals surface area (Å²) in [6, 6.07) is -0.627. The molecular weight excluding hydrogens is 242 g/mol. The lowest BCUT2D eigenvalue weighted by atomic mass is 10.3. The normalized spacial score (nSPS) is 14.4. The molecular formula is C11H23NO4S. The molecule has 5 nitrogen and oxygen atoms in total. The number of unbranched alkanes of at least 4 members (excludes halogenated alkanes) is 1. The summed E-state index contributed by atoms with van der Waals surface area (Å²) in [7, 11) is 1.31. The zero-order chi connectivity index (χ0) is 13.1. The summed E-state index contributed by atoms with van der Waals surface area (Å²) in [5, 5.41) is 9.55. The summed E-state index contributed by atoms with van der Waals surface area (Å²) in [5.74, 6) is 0.529. The van der Waals surface area contributed by atoms with E-state index >= 15 is 0 Å². The highest BCUT2D eigenvalue weighted by molar-refractivity contribution is 7.99. The summed E-state index contributed by atoms with van der Waals surface area (Å²) in [6.45, 7) is 3.10. The molecule has 3 N–H and O–H groups in total. The van der Waals surface area contributed by atoms with Crippen molar-refractivity contribution in [1.82, 2.24) is 0 Å². The van der Waals surface area contributed by atoms with Crippen molar-refractivity contribution in [3.8, 4) is 0 Å². The number of hydrogen-bond donors (Lipinski definition) is 2. The van der Waals surface area contributed by atoms with Gasteiger partial charge in [0.15, 0.2) is 0 Å². The van der Waals surface area contributed by atoms with Crippen LogP contribution in [0, 0.1) is 0 Å². The number of esters is 1. The standard InChI is InChI=1S/C11H23NO4S/c1-3-4-5-16-6-9(13)7-17-8-10(12)11(14)15-2/h9-10,13H,3-8,12H2,1-2H3. The van der Waals surface area contributed by atoms with Gasteiger partial charge in [-0.2, -0.15) is 11.8 Å². The molecule has 0 fully saturated rings. The number of methoxy groups -OCH3 is 1. The fraction of sp³-hybridized carbons (Fsp3) is 0.909. The van der Waals surface area contributed by atoms with Crippen LogP contribution in [0.3, 0.4) is 0 Å². The first kappa shape index (κ1) is 16.7. The van der Waals surface area contributed by atoms with Crippen LogP contribution in [-0.4, -0.2) is 55.1 Å². The largest absolute Gasteiger partial charge is 0.468 e. The SMILES string of the molecule is CCCCOCC(O)CSCC(N)C(=O)OC. The highest BCUT2D eigenvalue weighted by atomic mass is 32.2. The number of hydrogen-bond acceptors (Lipinski definition) is 6. The van der Waals surface area contributed by atoms with Gasteiger partial charge in [-0.15, -0.1) is 0 Å². The van der Waals surface area contributed by atoms with Crippen molar-refractivity contribution >= 4 is 17.7 Å². The van der Waals surface area contributed by atoms with Gasteiger partial charge in [-0.1, -0.05) is 13.3 Å². The number of aliphatic hydroxyl groups is 1. The second-order valence-electron chi connectivity index (χ2n) is 3.75. The molecule has 0 aromatic heterocycles. The predicted octanol–water partition coefficient (Wildman–Crippen LogP) is 0.397. The first-order valence-electron chi connectivity index (χ1n) is 5.78. The molecule has 0 aliphatic heterocycles. The third-order valence-corrected chi connectivity index (χ3v) is 3.28. The van der Waals surface area contributed by atoms with Crippen LogP contribution in [0.2, 0.25) is 0 Å². The molecule has 0 spiro atoms. The lowest BCUT2D eigenvalue weighted by molar-refractivity contribution is -0.141. The number of carbonyl (C=O) groups excluding carboxylic acids is 1. The average Bonchev–Trinajstić information content (AvgIpc) is 2.33. The van der Waals surface area contributed by atoms with Crippen molar-refractivity contribution in [2.45, 2.75) is 31.9 Å². The number of thioether (sulfide) groups is 1. The van der Waals surface area contributed by atoms with Crippen LogP contribution in [0.25, 0.3) is 0 Å². The molecule has 17 heavy (non-hydrogen) atoms. The molecule has 0 rings (SSSR count). The molecule has 0 saturated carbocycles. The molecule has 0 aliphatic rings. The number of aliphatic hydroxyl groups excluding tert-OH is 1. The summed E-state index contributed by atoms with van der Waals surface area (Å²) in [4.78, 5) is 11.0. The van der Waals surface area contributed by atoms with Crippen LogP contribution in [0.5, 0.6) is 0 Å². The van der Waals surface area contributed by atoms with Crippen LogP contribution < -0.4 is 5.73 Å². The number of ether oxygens (including phenoxy) is 2. The summed E-state index contributed by atoms with van der Waals surface area (Å²) in [6.07, 6.45) is 1.58. The van der Waals surface area contributed by atoms with E-state index in [2.05, 4.69) is 11.7 Å². The molecule has 2 unspecified atom stereocenters. The second-order valence-corrected chi connectivity index (χ2v) is 4.82. The molecule has 0 aromatic rings. The van der Waals surface area contributed by atoms with Crippen LogP contribution in [0.4, 0.5) is 0 Å². The Morgan fingerprint density at radius 3 is 2.76 bits per heavy atom. The highest BCUT2D eigenvalue weighted by Crippen LogP contribution is 2.06. The molecule has 0 amide bonds. The van der Waals surface area contributed by atoms with Gasteiger partial charge >= 0.3 is 5.97 Å². The number of carbonyl (C=O) groups is 1. The third kappa shape index (κ3) is 9.41. The maximum atomic E-state index is 11.0. The van der Waals surface area contributed by atoms with Gasteiger partial charge in [0, 0.05) is 18.1 Å². The zero-order valence-electron chi connectivity index (χ0n) is 10.6. The highest BCUT2D eigenvalue weighted by Gasteiger charge is 2.14. The zero-order valence-corrected chi connectivity index (χ0v) is 11.4. The van der Waals surface area contributed by atoms with Crippen LogP contribution >= 0.6 is 11.8 Å². The lowest BCUT2D eigenvalue weighted by Gasteiger charge is -2.12. The van der Waals surface area contributed by atoms with E-state index in [0.29, 0.717) is 24.7 Å². The fourth-order valence-electron chi connectivity index (χ4n) is 1.06. The molecule has 0 aromatic carbocycles. The van der Waals surface area contributed by atoms with E-state index in [9.17, 15) is 9.90 Å². The van der Waals surface area contributed by atoms with Crippen LogP contribution in [-0.2, 0) is 14.3 Å². The molecule has 102 valence electrons. The van der Waals surface area contributed by atoms with Gasteiger partial charge in [-0.3, -0.25) is 4.79 Å². The Morgan fingerprint density at radius 2 is 2.18 bits per heavy atom. The van der Waals surface area contributed by atoms with Gasteiger partial charge in [-0.25, -0.2) is 0 Å². The van der Waals surface area contributed by atoms with Gasteiger partial charge in [0.05, 0.1) is 19.8 Å². The Labute approximate surface area is 107 Å². The Kier molecular flexibility index (Phi) is 10.6. The van der Waals surface area contributed by atoms with Crippen molar-refractivity contribution in [3.63, 3.8) is 0 Å². The smallest absolute Gasteiger partial charge is 0.323 e. The predicted molar refractivity (Wildman–Crippen MR) is 69.1 cm³/mol. The third-order valence-electron chi connectivity index (χ3n) is 2.06. The van der Waals surface area contributed by atoms with Crippen LogP contribution in [0.1, 0.15) is 19.8 Å². The van der Waals surface area contributed by atoms with E-state index in [1.165, 1.54) is 18.9 Å². The van der Waals surface area contributed by atoms with E-state index in [0.717, 1.165) is 12.8 Å².